The van der Waals surface area contributed by atoms with Crippen LogP contribution in [0.25, 0.3) is 0 Å². The first-order valence-electron chi connectivity index (χ1n) is 7.63. The smallest absolute Gasteiger partial charge is 0.118 e. The first-order chi connectivity index (χ1) is 10.2. The van der Waals surface area contributed by atoms with E-state index in [1.807, 2.05) is 12.1 Å². The van der Waals surface area contributed by atoms with Crippen LogP contribution in [0.5, 0.6) is 5.75 Å². The van der Waals surface area contributed by atoms with Crippen molar-refractivity contribution in [2.24, 2.45) is 0 Å². The van der Waals surface area contributed by atoms with E-state index in [1.165, 1.54) is 11.1 Å². The minimum atomic E-state index is 0.386. The monoisotopic (exact) mass is 283 g/mol. The van der Waals surface area contributed by atoms with Crippen molar-refractivity contribution in [2.45, 2.75) is 38.8 Å². The molecule has 0 saturated carbocycles. The topological polar surface area (TPSA) is 21.3 Å². The average Bonchev–Trinajstić information content (AvgIpc) is 2.54. The maximum Gasteiger partial charge on any atom is 0.118 e. The molecule has 0 fully saturated rings. The molecule has 0 heterocycles. The fraction of sp³-hybridized carbons (Fsp3) is 0.368. The molecule has 0 aliphatic rings. The lowest BCUT2D eigenvalue weighted by Crippen LogP contribution is -2.29. The molecule has 0 spiro atoms. The summed E-state index contributed by atoms with van der Waals surface area (Å²) in [7, 11) is 1.70. The molecule has 0 aliphatic heterocycles. The highest BCUT2D eigenvalue weighted by Gasteiger charge is 2.09. The number of ether oxygens (including phenoxy) is 1. The Morgan fingerprint density at radius 2 is 1.62 bits per heavy atom. The fourth-order valence-corrected chi connectivity index (χ4v) is 2.52. The molecule has 112 valence electrons. The number of methoxy groups -OCH3 is 1. The van der Waals surface area contributed by atoms with E-state index in [0.717, 1.165) is 18.6 Å². The zero-order valence-corrected chi connectivity index (χ0v) is 13.2. The Morgan fingerprint density at radius 3 is 2.24 bits per heavy atom. The Balaban J connectivity index is 1.80. The van der Waals surface area contributed by atoms with Crippen molar-refractivity contribution in [3.05, 3.63) is 65.7 Å². The van der Waals surface area contributed by atoms with Gasteiger partial charge in [0.05, 0.1) is 7.11 Å². The normalized spacial score (nSPS) is 13.7. The van der Waals surface area contributed by atoms with Gasteiger partial charge in [-0.05, 0) is 49.9 Å². The van der Waals surface area contributed by atoms with Crippen LogP contribution in [-0.4, -0.2) is 13.2 Å². The van der Waals surface area contributed by atoms with Gasteiger partial charge in [0.15, 0.2) is 0 Å². The SMILES string of the molecule is COc1ccc(CCC(C)NC(C)c2ccccc2)cc1. The van der Waals surface area contributed by atoms with Crippen LogP contribution in [0, 0.1) is 0 Å². The van der Waals surface area contributed by atoms with Gasteiger partial charge >= 0.3 is 0 Å². The maximum absolute atomic E-state index is 5.18. The summed E-state index contributed by atoms with van der Waals surface area (Å²) in [4.78, 5) is 0. The number of rotatable bonds is 7. The molecule has 0 bridgehead atoms. The lowest BCUT2D eigenvalue weighted by molar-refractivity contribution is 0.414. The Kier molecular flexibility index (Phi) is 5.82. The fourth-order valence-electron chi connectivity index (χ4n) is 2.52. The highest BCUT2D eigenvalue weighted by Crippen LogP contribution is 2.15. The summed E-state index contributed by atoms with van der Waals surface area (Å²) in [5.41, 5.74) is 2.70. The zero-order chi connectivity index (χ0) is 15.1. The molecule has 2 atom stereocenters. The lowest BCUT2D eigenvalue weighted by Gasteiger charge is -2.20. The minimum absolute atomic E-state index is 0.386. The molecule has 2 aromatic rings. The van der Waals surface area contributed by atoms with Crippen molar-refractivity contribution in [2.75, 3.05) is 7.11 Å². The molecule has 2 heteroatoms. The van der Waals surface area contributed by atoms with Crippen LogP contribution in [0.2, 0.25) is 0 Å². The van der Waals surface area contributed by atoms with Crippen molar-refractivity contribution in [1.82, 2.24) is 5.32 Å². The summed E-state index contributed by atoms with van der Waals surface area (Å²) < 4.78 is 5.18. The van der Waals surface area contributed by atoms with E-state index in [4.69, 9.17) is 4.74 Å². The van der Waals surface area contributed by atoms with E-state index < -0.39 is 0 Å². The third-order valence-corrected chi connectivity index (χ3v) is 3.86. The van der Waals surface area contributed by atoms with Gasteiger partial charge in [-0.25, -0.2) is 0 Å². The second-order valence-electron chi connectivity index (χ2n) is 5.59. The molecule has 21 heavy (non-hydrogen) atoms. The van der Waals surface area contributed by atoms with E-state index in [-0.39, 0.29) is 0 Å². The van der Waals surface area contributed by atoms with E-state index in [9.17, 15) is 0 Å². The molecule has 0 radical (unpaired) electrons. The van der Waals surface area contributed by atoms with Crippen LogP contribution in [-0.2, 0) is 6.42 Å². The van der Waals surface area contributed by atoms with Crippen molar-refractivity contribution in [3.8, 4) is 5.75 Å². The molecule has 1 N–H and O–H groups in total. The summed E-state index contributed by atoms with van der Waals surface area (Å²) in [6, 6.07) is 19.8. The Morgan fingerprint density at radius 1 is 0.952 bits per heavy atom. The van der Waals surface area contributed by atoms with Gasteiger partial charge in [-0.2, -0.15) is 0 Å². The van der Waals surface area contributed by atoms with Crippen LogP contribution in [0.15, 0.2) is 54.6 Å². The minimum Gasteiger partial charge on any atom is -0.497 e. The van der Waals surface area contributed by atoms with Crippen LogP contribution in [0.4, 0.5) is 0 Å². The van der Waals surface area contributed by atoms with Crippen molar-refractivity contribution in [3.63, 3.8) is 0 Å². The van der Waals surface area contributed by atoms with Crippen LogP contribution >= 0.6 is 0 Å². The Hall–Kier alpha value is -1.80. The molecule has 2 unspecified atom stereocenters. The predicted octanol–water partition coefficient (Wildman–Crippen LogP) is 4.37. The van der Waals surface area contributed by atoms with Crippen molar-refractivity contribution in [1.29, 1.82) is 0 Å². The van der Waals surface area contributed by atoms with Crippen LogP contribution < -0.4 is 10.1 Å². The van der Waals surface area contributed by atoms with E-state index in [2.05, 4.69) is 61.6 Å². The average molecular weight is 283 g/mol. The third-order valence-electron chi connectivity index (χ3n) is 3.86. The first kappa shape index (κ1) is 15.6. The molecule has 2 nitrogen and oxygen atoms in total. The highest BCUT2D eigenvalue weighted by molar-refractivity contribution is 5.27. The van der Waals surface area contributed by atoms with Gasteiger partial charge in [-0.1, -0.05) is 42.5 Å². The Bertz CT molecular complexity index is 521. The van der Waals surface area contributed by atoms with E-state index >= 15 is 0 Å². The molecule has 0 saturated heterocycles. The second-order valence-corrected chi connectivity index (χ2v) is 5.59. The van der Waals surface area contributed by atoms with Gasteiger partial charge in [0.2, 0.25) is 0 Å². The number of hydrogen-bond acceptors (Lipinski definition) is 2. The van der Waals surface area contributed by atoms with Gasteiger partial charge < -0.3 is 10.1 Å². The van der Waals surface area contributed by atoms with Gasteiger partial charge in [0.25, 0.3) is 0 Å². The molecule has 2 rings (SSSR count). The number of hydrogen-bond donors (Lipinski definition) is 1. The molecular weight excluding hydrogens is 258 g/mol. The summed E-state index contributed by atoms with van der Waals surface area (Å²) >= 11 is 0. The molecule has 0 aromatic heterocycles. The molecule has 0 amide bonds. The van der Waals surface area contributed by atoms with Gasteiger partial charge in [0, 0.05) is 12.1 Å². The van der Waals surface area contributed by atoms with Gasteiger partial charge in [0.1, 0.15) is 5.75 Å². The summed E-state index contributed by atoms with van der Waals surface area (Å²) in [5.74, 6) is 0.919. The summed E-state index contributed by atoms with van der Waals surface area (Å²) in [5, 5.41) is 3.66. The third kappa shape index (κ3) is 4.91. The largest absolute Gasteiger partial charge is 0.497 e. The van der Waals surface area contributed by atoms with Gasteiger partial charge in [-0.3, -0.25) is 0 Å². The standard InChI is InChI=1S/C19H25NO/c1-15(20-16(2)18-7-5-4-6-8-18)9-10-17-11-13-19(21-3)14-12-17/h4-8,11-16,20H,9-10H2,1-3H3. The highest BCUT2D eigenvalue weighted by atomic mass is 16.5. The maximum atomic E-state index is 5.18. The molecule has 2 aromatic carbocycles. The van der Waals surface area contributed by atoms with Crippen molar-refractivity contribution < 1.29 is 4.74 Å². The molecular formula is C19H25NO. The van der Waals surface area contributed by atoms with Gasteiger partial charge in [-0.15, -0.1) is 0 Å². The number of aryl methyl sites for hydroxylation is 1. The van der Waals surface area contributed by atoms with E-state index in [0.29, 0.717) is 12.1 Å². The molecule has 0 aliphatic carbocycles. The van der Waals surface area contributed by atoms with E-state index in [1.54, 1.807) is 7.11 Å². The summed E-state index contributed by atoms with van der Waals surface area (Å²) in [6.45, 7) is 4.47. The number of benzene rings is 2. The summed E-state index contributed by atoms with van der Waals surface area (Å²) in [6.07, 6.45) is 2.21. The first-order valence-corrected chi connectivity index (χ1v) is 7.63. The number of nitrogens with one attached hydrogen (secondary N) is 1. The zero-order valence-electron chi connectivity index (χ0n) is 13.2. The quantitative estimate of drug-likeness (QED) is 0.815. The predicted molar refractivity (Wildman–Crippen MR) is 88.8 cm³/mol. The van der Waals surface area contributed by atoms with Crippen molar-refractivity contribution >= 4 is 0 Å². The Labute approximate surface area is 128 Å². The van der Waals surface area contributed by atoms with Crippen LogP contribution in [0.1, 0.15) is 37.4 Å². The van der Waals surface area contributed by atoms with Crippen LogP contribution in [0.3, 0.4) is 0 Å². The second kappa shape index (κ2) is 7.84. The lowest BCUT2D eigenvalue weighted by atomic mass is 10.0.